The Balaban J connectivity index is 2.02. The highest BCUT2D eigenvalue weighted by atomic mass is 16.3. The Bertz CT molecular complexity index is 651. The molecule has 1 aromatic heterocycles. The maximum Gasteiger partial charge on any atom is 0.272 e. The van der Waals surface area contributed by atoms with Crippen molar-refractivity contribution in [1.82, 2.24) is 10.4 Å². The Morgan fingerprint density at radius 2 is 2.10 bits per heavy atom. The van der Waals surface area contributed by atoms with Crippen molar-refractivity contribution < 1.29 is 15.0 Å². The Kier molecular flexibility index (Phi) is 3.95. The van der Waals surface area contributed by atoms with Gasteiger partial charge in [-0.25, -0.2) is 5.43 Å². The summed E-state index contributed by atoms with van der Waals surface area (Å²) >= 11 is 0. The molecule has 0 aliphatic carbocycles. The minimum atomic E-state index is -0.396. The van der Waals surface area contributed by atoms with Crippen molar-refractivity contribution in [3.63, 3.8) is 0 Å². The molecule has 0 unspecified atom stereocenters. The van der Waals surface area contributed by atoms with E-state index in [9.17, 15) is 9.90 Å². The molecule has 0 saturated carbocycles. The van der Waals surface area contributed by atoms with Gasteiger partial charge in [-0.15, -0.1) is 0 Å². The predicted molar refractivity (Wildman–Crippen MR) is 73.8 cm³/mol. The quantitative estimate of drug-likeness (QED) is 0.583. The molecular formula is C14H13N3O3. The van der Waals surface area contributed by atoms with Crippen LogP contribution in [0.5, 0.6) is 11.5 Å². The van der Waals surface area contributed by atoms with Crippen LogP contribution in [0, 0.1) is 6.92 Å². The van der Waals surface area contributed by atoms with E-state index in [2.05, 4.69) is 15.5 Å². The van der Waals surface area contributed by atoms with E-state index in [1.54, 1.807) is 12.1 Å². The molecular weight excluding hydrogens is 258 g/mol. The van der Waals surface area contributed by atoms with Gasteiger partial charge in [0.05, 0.1) is 11.8 Å². The van der Waals surface area contributed by atoms with E-state index in [0.29, 0.717) is 11.1 Å². The van der Waals surface area contributed by atoms with Gasteiger partial charge in [0.15, 0.2) is 0 Å². The van der Waals surface area contributed by atoms with Gasteiger partial charge in [-0.2, -0.15) is 5.10 Å². The minimum absolute atomic E-state index is 0.0468. The number of carbonyl (C=O) groups excluding carboxylic acids is 1. The Labute approximate surface area is 115 Å². The number of nitrogens with one attached hydrogen (secondary N) is 1. The average Bonchev–Trinajstić information content (AvgIpc) is 2.42. The van der Waals surface area contributed by atoms with Crippen LogP contribution in [0.15, 0.2) is 41.6 Å². The minimum Gasteiger partial charge on any atom is -0.508 e. The van der Waals surface area contributed by atoms with Gasteiger partial charge in [0.2, 0.25) is 0 Å². The van der Waals surface area contributed by atoms with Crippen LogP contribution in [0.25, 0.3) is 0 Å². The lowest BCUT2D eigenvalue weighted by atomic mass is 10.2. The monoisotopic (exact) mass is 271 g/mol. The second-order valence-corrected chi connectivity index (χ2v) is 4.13. The van der Waals surface area contributed by atoms with Gasteiger partial charge in [0.25, 0.3) is 5.91 Å². The number of nitrogens with zero attached hydrogens (tertiary/aromatic N) is 2. The number of aromatic hydroxyl groups is 2. The summed E-state index contributed by atoms with van der Waals surface area (Å²) in [5.74, 6) is -0.568. The van der Waals surface area contributed by atoms with Crippen molar-refractivity contribution in [2.45, 2.75) is 6.92 Å². The van der Waals surface area contributed by atoms with E-state index in [4.69, 9.17) is 5.11 Å². The van der Waals surface area contributed by atoms with Crippen molar-refractivity contribution in [2.75, 3.05) is 0 Å². The van der Waals surface area contributed by atoms with Crippen molar-refractivity contribution in [1.29, 1.82) is 0 Å². The molecule has 1 aromatic carbocycles. The molecule has 0 spiro atoms. The van der Waals surface area contributed by atoms with Crippen LogP contribution < -0.4 is 5.43 Å². The molecule has 20 heavy (non-hydrogen) atoms. The average molecular weight is 271 g/mol. The van der Waals surface area contributed by atoms with Gasteiger partial charge < -0.3 is 10.2 Å². The normalized spacial score (nSPS) is 10.7. The van der Waals surface area contributed by atoms with Crippen LogP contribution in [0.3, 0.4) is 0 Å². The van der Waals surface area contributed by atoms with Gasteiger partial charge in [-0.05, 0) is 31.2 Å². The number of aromatic nitrogens is 1. The number of aryl methyl sites for hydroxylation is 1. The number of benzene rings is 1. The molecule has 0 radical (unpaired) electrons. The van der Waals surface area contributed by atoms with Crippen LogP contribution in [0.4, 0.5) is 0 Å². The zero-order chi connectivity index (χ0) is 14.5. The molecule has 0 bridgehead atoms. The number of hydrogen-bond acceptors (Lipinski definition) is 5. The number of hydrogen-bond donors (Lipinski definition) is 3. The number of rotatable bonds is 3. The molecule has 6 heteroatoms. The van der Waals surface area contributed by atoms with Gasteiger partial charge in [-0.1, -0.05) is 0 Å². The standard InChI is InChI=1S/C14H13N3O3/c1-9-2-3-11(7-15-9)14(20)17-16-8-10-4-5-12(18)6-13(10)19/h2-8,18-19H,1H3,(H,17,20)/b16-8+. The SMILES string of the molecule is Cc1ccc(C(=O)N/N=C/c2ccc(O)cc2O)cn1. The smallest absolute Gasteiger partial charge is 0.272 e. The third-order valence-corrected chi connectivity index (χ3v) is 2.56. The fourth-order valence-electron chi connectivity index (χ4n) is 1.47. The molecule has 0 aliphatic heterocycles. The zero-order valence-electron chi connectivity index (χ0n) is 10.7. The number of phenols is 2. The summed E-state index contributed by atoms with van der Waals surface area (Å²) < 4.78 is 0. The van der Waals surface area contributed by atoms with E-state index < -0.39 is 5.91 Å². The first kappa shape index (κ1) is 13.5. The zero-order valence-corrected chi connectivity index (χ0v) is 10.7. The number of amides is 1. The topological polar surface area (TPSA) is 94.8 Å². The van der Waals surface area contributed by atoms with Crippen molar-refractivity contribution in [3.8, 4) is 11.5 Å². The van der Waals surface area contributed by atoms with Crippen LogP contribution in [0.2, 0.25) is 0 Å². The lowest BCUT2D eigenvalue weighted by Gasteiger charge is -2.01. The highest BCUT2D eigenvalue weighted by Crippen LogP contribution is 2.20. The molecule has 0 aliphatic rings. The maximum absolute atomic E-state index is 11.7. The Hall–Kier alpha value is -2.89. The number of phenolic OH excluding ortho intramolecular Hbond substituents is 2. The highest BCUT2D eigenvalue weighted by Gasteiger charge is 2.04. The highest BCUT2D eigenvalue weighted by molar-refractivity contribution is 5.94. The van der Waals surface area contributed by atoms with Crippen LogP contribution >= 0.6 is 0 Å². The van der Waals surface area contributed by atoms with Crippen LogP contribution in [0.1, 0.15) is 21.6 Å². The molecule has 0 saturated heterocycles. The molecule has 1 heterocycles. The Morgan fingerprint density at radius 3 is 2.75 bits per heavy atom. The summed E-state index contributed by atoms with van der Waals surface area (Å²) in [5, 5.41) is 22.4. The van der Waals surface area contributed by atoms with Crippen LogP contribution in [-0.4, -0.2) is 27.3 Å². The van der Waals surface area contributed by atoms with Crippen molar-refractivity contribution in [2.24, 2.45) is 5.10 Å². The molecule has 0 atom stereocenters. The first-order valence-corrected chi connectivity index (χ1v) is 5.84. The van der Waals surface area contributed by atoms with Gasteiger partial charge >= 0.3 is 0 Å². The summed E-state index contributed by atoms with van der Waals surface area (Å²) in [5.41, 5.74) is 3.92. The maximum atomic E-state index is 11.7. The number of hydrazone groups is 1. The van der Waals surface area contributed by atoms with Crippen molar-refractivity contribution >= 4 is 12.1 Å². The third-order valence-electron chi connectivity index (χ3n) is 2.56. The summed E-state index contributed by atoms with van der Waals surface area (Å²) in [6, 6.07) is 7.45. The van der Waals surface area contributed by atoms with E-state index in [1.807, 2.05) is 6.92 Å². The third kappa shape index (κ3) is 3.32. The molecule has 102 valence electrons. The first-order chi connectivity index (χ1) is 9.56. The summed E-state index contributed by atoms with van der Waals surface area (Å²) in [6.07, 6.45) is 2.74. The molecule has 6 nitrogen and oxygen atoms in total. The molecule has 1 amide bonds. The predicted octanol–water partition coefficient (Wildman–Crippen LogP) is 1.57. The summed E-state index contributed by atoms with van der Waals surface area (Å²) in [4.78, 5) is 15.7. The van der Waals surface area contributed by atoms with E-state index in [0.717, 1.165) is 5.69 Å². The lowest BCUT2D eigenvalue weighted by Crippen LogP contribution is -2.17. The van der Waals surface area contributed by atoms with Crippen molar-refractivity contribution in [3.05, 3.63) is 53.3 Å². The van der Waals surface area contributed by atoms with Crippen LogP contribution in [-0.2, 0) is 0 Å². The number of carbonyl (C=O) groups is 1. The second kappa shape index (κ2) is 5.83. The second-order valence-electron chi connectivity index (χ2n) is 4.13. The number of pyridine rings is 1. The molecule has 2 aromatic rings. The first-order valence-electron chi connectivity index (χ1n) is 5.84. The van der Waals surface area contributed by atoms with E-state index in [-0.39, 0.29) is 11.5 Å². The fourth-order valence-corrected chi connectivity index (χ4v) is 1.47. The molecule has 0 fully saturated rings. The van der Waals surface area contributed by atoms with E-state index in [1.165, 1.54) is 30.6 Å². The van der Waals surface area contributed by atoms with E-state index >= 15 is 0 Å². The van der Waals surface area contributed by atoms with Gasteiger partial charge in [-0.3, -0.25) is 9.78 Å². The Morgan fingerprint density at radius 1 is 1.30 bits per heavy atom. The largest absolute Gasteiger partial charge is 0.508 e. The summed E-state index contributed by atoms with van der Waals surface area (Å²) in [7, 11) is 0. The molecule has 2 rings (SSSR count). The fraction of sp³-hybridized carbons (Fsp3) is 0.0714. The van der Waals surface area contributed by atoms with Gasteiger partial charge in [0, 0.05) is 23.5 Å². The summed E-state index contributed by atoms with van der Waals surface area (Å²) in [6.45, 7) is 1.83. The lowest BCUT2D eigenvalue weighted by molar-refractivity contribution is 0.0954. The van der Waals surface area contributed by atoms with Gasteiger partial charge in [0.1, 0.15) is 11.5 Å². The molecule has 3 N–H and O–H groups in total.